The van der Waals surface area contributed by atoms with Crippen LogP contribution in [0.2, 0.25) is 5.02 Å². The van der Waals surface area contributed by atoms with Gasteiger partial charge in [-0.25, -0.2) is 0 Å². The summed E-state index contributed by atoms with van der Waals surface area (Å²) in [6.07, 6.45) is 3.62. The lowest BCUT2D eigenvalue weighted by atomic mass is 10.1. The fourth-order valence-electron chi connectivity index (χ4n) is 2.07. The van der Waals surface area contributed by atoms with Crippen molar-refractivity contribution >= 4 is 27.5 Å². The van der Waals surface area contributed by atoms with Crippen LogP contribution in [0.15, 0.2) is 47.2 Å². The van der Waals surface area contributed by atoms with Crippen molar-refractivity contribution < 1.29 is 0 Å². The minimum Gasteiger partial charge on any atom is -0.304 e. The van der Waals surface area contributed by atoms with E-state index in [0.29, 0.717) is 0 Å². The lowest BCUT2D eigenvalue weighted by Gasteiger charge is -2.21. The summed E-state index contributed by atoms with van der Waals surface area (Å²) >= 11 is 9.70. The number of nitrogens with one attached hydrogen (secondary N) is 1. The maximum absolute atomic E-state index is 6.27. The Labute approximate surface area is 127 Å². The Morgan fingerprint density at radius 2 is 1.79 bits per heavy atom. The van der Waals surface area contributed by atoms with Gasteiger partial charge in [0.2, 0.25) is 0 Å². The van der Waals surface area contributed by atoms with Crippen LogP contribution in [0.5, 0.6) is 0 Å². The molecule has 2 nitrogen and oxygen atoms in total. The van der Waals surface area contributed by atoms with Gasteiger partial charge in [-0.05, 0) is 49.2 Å². The lowest BCUT2D eigenvalue weighted by molar-refractivity contribution is 0.494. The molecule has 2 atom stereocenters. The normalized spacial score (nSPS) is 14.1. The summed E-state index contributed by atoms with van der Waals surface area (Å²) in [4.78, 5) is 4.03. The van der Waals surface area contributed by atoms with E-state index in [1.54, 1.807) is 0 Å². The molecule has 19 heavy (non-hydrogen) atoms. The largest absolute Gasteiger partial charge is 0.304 e. The second kappa shape index (κ2) is 6.51. The SMILES string of the molecule is CC(N[C@@H](C)c1ccncc1)c1ccc(Br)cc1Cl. The summed E-state index contributed by atoms with van der Waals surface area (Å²) < 4.78 is 0.996. The summed E-state index contributed by atoms with van der Waals surface area (Å²) in [6.45, 7) is 4.26. The van der Waals surface area contributed by atoms with Crippen molar-refractivity contribution in [3.63, 3.8) is 0 Å². The number of pyridine rings is 1. The second-order valence-corrected chi connectivity index (χ2v) is 5.88. The van der Waals surface area contributed by atoms with Crippen LogP contribution < -0.4 is 5.32 Å². The highest BCUT2D eigenvalue weighted by atomic mass is 79.9. The molecule has 0 aliphatic heterocycles. The van der Waals surface area contributed by atoms with E-state index in [1.807, 2.05) is 42.7 Å². The molecule has 4 heteroatoms. The summed E-state index contributed by atoms with van der Waals surface area (Å²) in [5.74, 6) is 0. The van der Waals surface area contributed by atoms with Crippen molar-refractivity contribution in [3.05, 3.63) is 63.3 Å². The van der Waals surface area contributed by atoms with Gasteiger partial charge in [-0.1, -0.05) is 33.6 Å². The summed E-state index contributed by atoms with van der Waals surface area (Å²) in [6, 6.07) is 10.5. The van der Waals surface area contributed by atoms with E-state index in [-0.39, 0.29) is 12.1 Å². The van der Waals surface area contributed by atoms with Crippen molar-refractivity contribution in [1.29, 1.82) is 0 Å². The Morgan fingerprint density at radius 1 is 1.11 bits per heavy atom. The van der Waals surface area contributed by atoms with E-state index >= 15 is 0 Å². The average Bonchev–Trinajstić information content (AvgIpc) is 2.39. The van der Waals surface area contributed by atoms with Gasteiger partial charge in [0, 0.05) is 34.0 Å². The zero-order chi connectivity index (χ0) is 13.8. The van der Waals surface area contributed by atoms with E-state index in [2.05, 4.69) is 40.1 Å². The molecule has 0 aliphatic carbocycles. The van der Waals surface area contributed by atoms with E-state index in [0.717, 1.165) is 15.1 Å². The van der Waals surface area contributed by atoms with Crippen LogP contribution in [-0.2, 0) is 0 Å². The molecule has 0 radical (unpaired) electrons. The minimum absolute atomic E-state index is 0.184. The van der Waals surface area contributed by atoms with E-state index in [1.165, 1.54) is 5.56 Å². The van der Waals surface area contributed by atoms with Gasteiger partial charge in [-0.15, -0.1) is 0 Å². The highest BCUT2D eigenvalue weighted by molar-refractivity contribution is 9.10. The van der Waals surface area contributed by atoms with E-state index in [4.69, 9.17) is 11.6 Å². The Kier molecular flexibility index (Phi) is 4.97. The van der Waals surface area contributed by atoms with Crippen LogP contribution in [0.25, 0.3) is 0 Å². The van der Waals surface area contributed by atoms with Crippen LogP contribution in [-0.4, -0.2) is 4.98 Å². The van der Waals surface area contributed by atoms with Crippen LogP contribution in [0, 0.1) is 0 Å². The van der Waals surface area contributed by atoms with Crippen molar-refractivity contribution in [2.75, 3.05) is 0 Å². The second-order valence-electron chi connectivity index (χ2n) is 4.56. The van der Waals surface area contributed by atoms with Crippen molar-refractivity contribution in [2.24, 2.45) is 0 Å². The first-order chi connectivity index (χ1) is 9.08. The Hall–Kier alpha value is -0.900. The molecule has 0 aliphatic rings. The average molecular weight is 340 g/mol. The molecule has 0 saturated carbocycles. The maximum atomic E-state index is 6.27. The minimum atomic E-state index is 0.184. The summed E-state index contributed by atoms with van der Waals surface area (Å²) in [7, 11) is 0. The van der Waals surface area contributed by atoms with Gasteiger partial charge in [-0.3, -0.25) is 4.98 Å². The number of nitrogens with zero attached hydrogens (tertiary/aromatic N) is 1. The fourth-order valence-corrected chi connectivity index (χ4v) is 2.90. The van der Waals surface area contributed by atoms with Gasteiger partial charge >= 0.3 is 0 Å². The molecule has 0 bridgehead atoms. The molecule has 1 aromatic heterocycles. The molecule has 100 valence electrons. The van der Waals surface area contributed by atoms with Crippen molar-refractivity contribution in [2.45, 2.75) is 25.9 Å². The molecular weight excluding hydrogens is 324 g/mol. The highest BCUT2D eigenvalue weighted by Crippen LogP contribution is 2.28. The van der Waals surface area contributed by atoms with Crippen LogP contribution in [0.1, 0.15) is 37.1 Å². The lowest BCUT2D eigenvalue weighted by Crippen LogP contribution is -2.22. The molecule has 1 heterocycles. The standard InChI is InChI=1S/C15H16BrClN2/c1-10(12-5-7-18-8-6-12)19-11(2)14-4-3-13(16)9-15(14)17/h3-11,19H,1-2H3/t10-,11?/m0/s1. The zero-order valence-corrected chi connectivity index (χ0v) is 13.2. The molecule has 0 amide bonds. The van der Waals surface area contributed by atoms with Crippen molar-refractivity contribution in [1.82, 2.24) is 10.3 Å². The molecule has 2 aromatic rings. The molecule has 1 N–H and O–H groups in total. The van der Waals surface area contributed by atoms with Gasteiger partial charge in [-0.2, -0.15) is 0 Å². The number of hydrogen-bond donors (Lipinski definition) is 1. The van der Waals surface area contributed by atoms with Crippen LogP contribution in [0.3, 0.4) is 0 Å². The molecule has 1 unspecified atom stereocenters. The van der Waals surface area contributed by atoms with Crippen LogP contribution in [0.4, 0.5) is 0 Å². The molecule has 2 rings (SSSR count). The predicted octanol–water partition coefficient (Wildman–Crippen LogP) is 4.91. The molecule has 0 saturated heterocycles. The molecular formula is C15H16BrClN2. The van der Waals surface area contributed by atoms with Crippen LogP contribution >= 0.6 is 27.5 Å². The first kappa shape index (κ1) is 14.5. The quantitative estimate of drug-likeness (QED) is 0.856. The third kappa shape index (κ3) is 3.78. The van der Waals surface area contributed by atoms with Gasteiger partial charge in [0.25, 0.3) is 0 Å². The van der Waals surface area contributed by atoms with Crippen molar-refractivity contribution in [3.8, 4) is 0 Å². The van der Waals surface area contributed by atoms with E-state index < -0.39 is 0 Å². The molecule has 1 aromatic carbocycles. The highest BCUT2D eigenvalue weighted by Gasteiger charge is 2.13. The molecule has 0 spiro atoms. The topological polar surface area (TPSA) is 24.9 Å². The predicted molar refractivity (Wildman–Crippen MR) is 83.4 cm³/mol. The Bertz CT molecular complexity index is 545. The van der Waals surface area contributed by atoms with Gasteiger partial charge in [0.1, 0.15) is 0 Å². The van der Waals surface area contributed by atoms with Gasteiger partial charge < -0.3 is 5.32 Å². The third-order valence-corrected chi connectivity index (χ3v) is 3.96. The zero-order valence-electron chi connectivity index (χ0n) is 10.9. The third-order valence-electron chi connectivity index (χ3n) is 3.14. The van der Waals surface area contributed by atoms with Gasteiger partial charge in [0.05, 0.1) is 0 Å². The monoisotopic (exact) mass is 338 g/mol. The summed E-state index contributed by atoms with van der Waals surface area (Å²) in [5, 5.41) is 4.32. The first-order valence-electron chi connectivity index (χ1n) is 6.19. The number of aromatic nitrogens is 1. The number of benzene rings is 1. The maximum Gasteiger partial charge on any atom is 0.0464 e. The first-order valence-corrected chi connectivity index (χ1v) is 7.36. The molecule has 0 fully saturated rings. The fraction of sp³-hybridized carbons (Fsp3) is 0.267. The Morgan fingerprint density at radius 3 is 2.42 bits per heavy atom. The van der Waals surface area contributed by atoms with E-state index in [9.17, 15) is 0 Å². The number of halogens is 2. The van der Waals surface area contributed by atoms with Gasteiger partial charge in [0.15, 0.2) is 0 Å². The number of rotatable bonds is 4. The summed E-state index contributed by atoms with van der Waals surface area (Å²) in [5.41, 5.74) is 2.32. The Balaban J connectivity index is 2.10. The smallest absolute Gasteiger partial charge is 0.0464 e. The number of hydrogen-bond acceptors (Lipinski definition) is 2.